The average molecular weight is 250 g/mol. The van der Waals surface area contributed by atoms with Crippen LogP contribution in [-0.2, 0) is 6.42 Å². The number of nitrogens with zero attached hydrogens (tertiary/aromatic N) is 1. The average Bonchev–Trinajstić information content (AvgIpc) is 2.71. The van der Waals surface area contributed by atoms with Crippen molar-refractivity contribution < 1.29 is 9.59 Å². The van der Waals surface area contributed by atoms with Crippen molar-refractivity contribution in [3.8, 4) is 0 Å². The van der Waals surface area contributed by atoms with Gasteiger partial charge in [-0.25, -0.2) is 0 Å². The van der Waals surface area contributed by atoms with E-state index in [2.05, 4.69) is 6.07 Å². The summed E-state index contributed by atoms with van der Waals surface area (Å²) >= 11 is 0. The largest absolute Gasteiger partial charge is 0.274 e. The van der Waals surface area contributed by atoms with Crippen molar-refractivity contribution in [2.24, 2.45) is 0 Å². The summed E-state index contributed by atoms with van der Waals surface area (Å²) in [7, 11) is 0. The van der Waals surface area contributed by atoms with Crippen LogP contribution in [0.1, 0.15) is 26.3 Å². The van der Waals surface area contributed by atoms with E-state index in [9.17, 15) is 9.59 Å². The minimum atomic E-state index is -0.192. The molecule has 0 bridgehead atoms. The summed E-state index contributed by atoms with van der Waals surface area (Å²) in [6.07, 6.45) is 0.667. The number of hydrogen-bond acceptors (Lipinski definition) is 2. The molecule has 0 aromatic heterocycles. The summed E-state index contributed by atoms with van der Waals surface area (Å²) in [6.45, 7) is 0.413. The maximum Gasteiger partial charge on any atom is 0.261 e. The zero-order valence-electron chi connectivity index (χ0n) is 10.3. The molecule has 1 heterocycles. The van der Waals surface area contributed by atoms with Gasteiger partial charge in [0.15, 0.2) is 0 Å². The molecule has 1 radical (unpaired) electrons. The molecular formula is C16H12NO2. The van der Waals surface area contributed by atoms with Gasteiger partial charge < -0.3 is 0 Å². The third kappa shape index (κ3) is 2.03. The van der Waals surface area contributed by atoms with Gasteiger partial charge in [-0.15, -0.1) is 0 Å². The molecule has 1 aliphatic heterocycles. The molecule has 0 atom stereocenters. The zero-order valence-corrected chi connectivity index (χ0v) is 10.3. The number of amides is 2. The molecule has 3 nitrogen and oxygen atoms in total. The van der Waals surface area contributed by atoms with E-state index in [0.717, 1.165) is 5.56 Å². The molecule has 0 N–H and O–H groups in total. The Morgan fingerprint density at radius 2 is 1.47 bits per heavy atom. The Hall–Kier alpha value is -2.42. The Kier molecular flexibility index (Phi) is 2.88. The monoisotopic (exact) mass is 250 g/mol. The van der Waals surface area contributed by atoms with E-state index < -0.39 is 0 Å². The quantitative estimate of drug-likeness (QED) is 0.784. The van der Waals surface area contributed by atoms with E-state index in [1.54, 1.807) is 24.3 Å². The fourth-order valence-electron chi connectivity index (χ4n) is 2.27. The first kappa shape index (κ1) is 11.7. The summed E-state index contributed by atoms with van der Waals surface area (Å²) in [4.78, 5) is 25.6. The predicted molar refractivity (Wildman–Crippen MR) is 70.8 cm³/mol. The minimum absolute atomic E-state index is 0.192. The highest BCUT2D eigenvalue weighted by Gasteiger charge is 2.34. The lowest BCUT2D eigenvalue weighted by Gasteiger charge is -2.13. The highest BCUT2D eigenvalue weighted by molar-refractivity contribution is 6.21. The fourth-order valence-corrected chi connectivity index (χ4v) is 2.27. The molecule has 2 amide bonds. The number of carbonyl (C=O) groups is 2. The van der Waals surface area contributed by atoms with Gasteiger partial charge in [0, 0.05) is 6.54 Å². The van der Waals surface area contributed by atoms with E-state index in [4.69, 9.17) is 0 Å². The van der Waals surface area contributed by atoms with E-state index in [1.165, 1.54) is 4.90 Å². The Morgan fingerprint density at radius 3 is 2.05 bits per heavy atom. The van der Waals surface area contributed by atoms with Gasteiger partial charge in [0.05, 0.1) is 11.1 Å². The third-order valence-electron chi connectivity index (χ3n) is 3.29. The van der Waals surface area contributed by atoms with E-state index in [0.29, 0.717) is 24.1 Å². The summed E-state index contributed by atoms with van der Waals surface area (Å²) in [5.41, 5.74) is 2.11. The Morgan fingerprint density at radius 1 is 0.895 bits per heavy atom. The summed E-state index contributed by atoms with van der Waals surface area (Å²) < 4.78 is 0. The van der Waals surface area contributed by atoms with Crippen LogP contribution in [0.5, 0.6) is 0 Å². The molecule has 0 aliphatic carbocycles. The van der Waals surface area contributed by atoms with Gasteiger partial charge in [0.2, 0.25) is 0 Å². The van der Waals surface area contributed by atoms with Gasteiger partial charge in [0.25, 0.3) is 11.8 Å². The number of benzene rings is 2. The van der Waals surface area contributed by atoms with Crippen molar-refractivity contribution in [2.75, 3.05) is 6.54 Å². The van der Waals surface area contributed by atoms with Crippen LogP contribution in [0.15, 0.2) is 48.5 Å². The first-order chi connectivity index (χ1) is 9.27. The minimum Gasteiger partial charge on any atom is -0.274 e. The molecule has 0 saturated heterocycles. The first-order valence-corrected chi connectivity index (χ1v) is 6.17. The molecular weight excluding hydrogens is 238 g/mol. The summed E-state index contributed by atoms with van der Waals surface area (Å²) in [5, 5.41) is 0. The first-order valence-electron chi connectivity index (χ1n) is 6.17. The Balaban J connectivity index is 1.78. The lowest BCUT2D eigenvalue weighted by molar-refractivity contribution is 0.0656. The van der Waals surface area contributed by atoms with E-state index in [1.807, 2.05) is 24.3 Å². The number of rotatable bonds is 3. The maximum absolute atomic E-state index is 12.1. The van der Waals surface area contributed by atoms with Crippen LogP contribution in [0, 0.1) is 6.07 Å². The second-order valence-electron chi connectivity index (χ2n) is 4.47. The molecule has 0 spiro atoms. The number of imide groups is 1. The van der Waals surface area contributed by atoms with Crippen molar-refractivity contribution in [3.63, 3.8) is 0 Å². The highest BCUT2D eigenvalue weighted by atomic mass is 16.2. The highest BCUT2D eigenvalue weighted by Crippen LogP contribution is 2.22. The topological polar surface area (TPSA) is 37.4 Å². The van der Waals surface area contributed by atoms with Crippen LogP contribution in [-0.4, -0.2) is 23.3 Å². The molecule has 2 aromatic rings. The second kappa shape index (κ2) is 4.69. The molecule has 3 rings (SSSR count). The molecule has 0 saturated carbocycles. The van der Waals surface area contributed by atoms with Gasteiger partial charge >= 0.3 is 0 Å². The molecule has 0 unspecified atom stereocenters. The molecule has 3 heteroatoms. The van der Waals surface area contributed by atoms with Crippen molar-refractivity contribution in [1.29, 1.82) is 0 Å². The maximum atomic E-state index is 12.1. The van der Waals surface area contributed by atoms with Gasteiger partial charge in [-0.05, 0) is 30.2 Å². The van der Waals surface area contributed by atoms with Crippen LogP contribution >= 0.6 is 0 Å². The standard InChI is InChI=1S/C16H12NO2/c18-15-13-8-4-5-9-14(13)16(19)17(15)11-10-12-6-2-1-3-7-12/h2-9H,10-11H2. The fraction of sp³-hybridized carbons (Fsp3) is 0.125. The van der Waals surface area contributed by atoms with Crippen molar-refractivity contribution in [3.05, 3.63) is 71.3 Å². The van der Waals surface area contributed by atoms with Gasteiger partial charge in [-0.2, -0.15) is 0 Å². The van der Waals surface area contributed by atoms with Crippen LogP contribution in [0.25, 0.3) is 0 Å². The molecule has 0 fully saturated rings. The van der Waals surface area contributed by atoms with Crippen LogP contribution in [0.2, 0.25) is 0 Å². The van der Waals surface area contributed by atoms with Gasteiger partial charge in [-0.3, -0.25) is 14.5 Å². The van der Waals surface area contributed by atoms with Crippen LogP contribution in [0.4, 0.5) is 0 Å². The van der Waals surface area contributed by atoms with Crippen molar-refractivity contribution >= 4 is 11.8 Å². The Labute approximate surface area is 111 Å². The zero-order chi connectivity index (χ0) is 13.2. The SMILES string of the molecule is O=C1c2ccccc2C(=O)N1CCc1cc[c]cc1. The summed E-state index contributed by atoms with van der Waals surface area (Å²) in [5.74, 6) is -0.383. The van der Waals surface area contributed by atoms with Crippen LogP contribution in [0.3, 0.4) is 0 Å². The molecule has 2 aromatic carbocycles. The second-order valence-corrected chi connectivity index (χ2v) is 4.47. The molecule has 19 heavy (non-hydrogen) atoms. The lowest BCUT2D eigenvalue weighted by Crippen LogP contribution is -2.31. The number of fused-ring (bicyclic) bond motifs is 1. The Bertz CT molecular complexity index is 599. The summed E-state index contributed by atoms with van der Waals surface area (Å²) in [6, 6.07) is 17.5. The number of carbonyl (C=O) groups excluding carboxylic acids is 2. The van der Waals surface area contributed by atoms with E-state index >= 15 is 0 Å². The smallest absolute Gasteiger partial charge is 0.261 e. The van der Waals surface area contributed by atoms with Gasteiger partial charge in [0.1, 0.15) is 0 Å². The number of hydrogen-bond donors (Lipinski definition) is 0. The van der Waals surface area contributed by atoms with Crippen molar-refractivity contribution in [2.45, 2.75) is 6.42 Å². The normalized spacial score (nSPS) is 13.8. The molecule has 93 valence electrons. The van der Waals surface area contributed by atoms with Crippen LogP contribution < -0.4 is 0 Å². The molecule has 1 aliphatic rings. The lowest BCUT2D eigenvalue weighted by atomic mass is 10.1. The van der Waals surface area contributed by atoms with E-state index in [-0.39, 0.29) is 11.8 Å². The van der Waals surface area contributed by atoms with Gasteiger partial charge in [-0.1, -0.05) is 36.4 Å². The third-order valence-corrected chi connectivity index (χ3v) is 3.29. The predicted octanol–water partition coefficient (Wildman–Crippen LogP) is 2.33. The van der Waals surface area contributed by atoms with Crippen molar-refractivity contribution in [1.82, 2.24) is 4.90 Å².